The van der Waals surface area contributed by atoms with Gasteiger partial charge in [0.05, 0.1) is 11.3 Å². The molecule has 0 spiro atoms. The van der Waals surface area contributed by atoms with Gasteiger partial charge >= 0.3 is 6.18 Å². The number of alkyl halides is 3. The minimum atomic E-state index is -4.39. The Balaban J connectivity index is 2.73. The van der Waals surface area contributed by atoms with Gasteiger partial charge < -0.3 is 4.74 Å². The predicted molar refractivity (Wildman–Crippen MR) is 40.1 cm³/mol. The van der Waals surface area contributed by atoms with E-state index in [-0.39, 0.29) is 18.8 Å². The summed E-state index contributed by atoms with van der Waals surface area (Å²) in [6.45, 7) is 0.0843. The first-order chi connectivity index (χ1) is 6.54. The van der Waals surface area contributed by atoms with E-state index in [0.717, 1.165) is 12.1 Å². The lowest BCUT2D eigenvalue weighted by Gasteiger charge is -2.05. The molecule has 3 nitrogen and oxygen atoms in total. The second-order valence-electron chi connectivity index (χ2n) is 2.44. The molecule has 0 bridgehead atoms. The summed E-state index contributed by atoms with van der Waals surface area (Å²) in [4.78, 5) is 13.3. The number of aromatic nitrogens is 1. The van der Waals surface area contributed by atoms with Gasteiger partial charge in [-0.3, -0.25) is 9.78 Å². The Morgan fingerprint density at radius 3 is 2.57 bits per heavy atom. The van der Waals surface area contributed by atoms with Gasteiger partial charge in [-0.25, -0.2) is 0 Å². The Bertz CT molecular complexity index is 307. The normalized spacial score (nSPS) is 11.1. The fraction of sp³-hybridized carbons (Fsp3) is 0.250. The Hall–Kier alpha value is -1.59. The molecule has 0 saturated heterocycles. The van der Waals surface area contributed by atoms with Gasteiger partial charge in [0.25, 0.3) is 6.47 Å². The molecule has 0 aliphatic carbocycles. The van der Waals surface area contributed by atoms with Crippen molar-refractivity contribution in [3.05, 3.63) is 29.6 Å². The molecule has 0 amide bonds. The van der Waals surface area contributed by atoms with Crippen LogP contribution in [0, 0.1) is 0 Å². The van der Waals surface area contributed by atoms with Gasteiger partial charge in [0.15, 0.2) is 0 Å². The standard InChI is InChI=1S/C8H6F3NO2/c9-8(10,11)6-1-2-7(12-3-6)4-14-5-13/h1-3,5H,4H2. The fourth-order valence-corrected chi connectivity index (χ4v) is 0.797. The van der Waals surface area contributed by atoms with Crippen molar-refractivity contribution in [1.82, 2.24) is 4.98 Å². The molecule has 0 unspecified atom stereocenters. The highest BCUT2D eigenvalue weighted by molar-refractivity contribution is 5.37. The van der Waals surface area contributed by atoms with E-state index in [9.17, 15) is 18.0 Å². The summed E-state index contributed by atoms with van der Waals surface area (Å²) < 4.78 is 40.5. The molecule has 0 N–H and O–H groups in total. The van der Waals surface area contributed by atoms with E-state index in [2.05, 4.69) is 9.72 Å². The third kappa shape index (κ3) is 2.72. The monoisotopic (exact) mass is 205 g/mol. The summed E-state index contributed by atoms with van der Waals surface area (Å²) >= 11 is 0. The van der Waals surface area contributed by atoms with Crippen molar-refractivity contribution in [2.75, 3.05) is 0 Å². The topological polar surface area (TPSA) is 39.2 Å². The zero-order valence-electron chi connectivity index (χ0n) is 6.91. The third-order valence-electron chi connectivity index (χ3n) is 1.45. The molecule has 76 valence electrons. The number of hydrogen-bond acceptors (Lipinski definition) is 3. The zero-order valence-corrected chi connectivity index (χ0v) is 6.91. The van der Waals surface area contributed by atoms with Gasteiger partial charge in [-0.1, -0.05) is 0 Å². The number of rotatable bonds is 3. The van der Waals surface area contributed by atoms with Crippen LogP contribution in [0.1, 0.15) is 11.3 Å². The summed E-state index contributed by atoms with van der Waals surface area (Å²) in [5.74, 6) is 0. The van der Waals surface area contributed by atoms with Crippen LogP contribution in [0.2, 0.25) is 0 Å². The predicted octanol–water partition coefficient (Wildman–Crippen LogP) is 1.77. The Labute approximate surface area is 77.5 Å². The van der Waals surface area contributed by atoms with Crippen LogP contribution >= 0.6 is 0 Å². The molecule has 1 aromatic heterocycles. The Morgan fingerprint density at radius 1 is 1.43 bits per heavy atom. The van der Waals surface area contributed by atoms with Crippen LogP contribution in [0.5, 0.6) is 0 Å². The molecule has 1 aromatic rings. The first-order valence-corrected chi connectivity index (χ1v) is 3.61. The number of pyridine rings is 1. The van der Waals surface area contributed by atoms with Crippen LogP contribution < -0.4 is 0 Å². The average molecular weight is 205 g/mol. The van der Waals surface area contributed by atoms with Crippen molar-refractivity contribution >= 4 is 6.47 Å². The molecule has 0 aliphatic heterocycles. The number of carbonyl (C=O) groups excluding carboxylic acids is 1. The lowest BCUT2D eigenvalue weighted by molar-refractivity contribution is -0.138. The highest BCUT2D eigenvalue weighted by Gasteiger charge is 2.30. The molecule has 1 heterocycles. The quantitative estimate of drug-likeness (QED) is 0.706. The molecule has 1 rings (SSSR count). The summed E-state index contributed by atoms with van der Waals surface area (Å²) in [6.07, 6.45) is -3.69. The second-order valence-corrected chi connectivity index (χ2v) is 2.44. The van der Waals surface area contributed by atoms with Crippen LogP contribution in [0.15, 0.2) is 18.3 Å². The summed E-state index contributed by atoms with van der Waals surface area (Å²) in [6, 6.07) is 2.04. The molecule has 14 heavy (non-hydrogen) atoms. The van der Waals surface area contributed by atoms with Crippen molar-refractivity contribution in [3.8, 4) is 0 Å². The lowest BCUT2D eigenvalue weighted by Crippen LogP contribution is -2.06. The van der Waals surface area contributed by atoms with Crippen molar-refractivity contribution < 1.29 is 22.7 Å². The van der Waals surface area contributed by atoms with Gasteiger partial charge in [0.1, 0.15) is 6.61 Å². The molecular formula is C8H6F3NO2. The van der Waals surface area contributed by atoms with E-state index in [4.69, 9.17) is 0 Å². The van der Waals surface area contributed by atoms with Gasteiger partial charge in [0, 0.05) is 6.20 Å². The Morgan fingerprint density at radius 2 is 2.14 bits per heavy atom. The van der Waals surface area contributed by atoms with E-state index in [0.29, 0.717) is 6.20 Å². The third-order valence-corrected chi connectivity index (χ3v) is 1.45. The number of nitrogens with zero attached hydrogens (tertiary/aromatic N) is 1. The Kier molecular flexibility index (Phi) is 3.06. The molecule has 0 aromatic carbocycles. The van der Waals surface area contributed by atoms with E-state index in [1.807, 2.05) is 0 Å². The zero-order chi connectivity index (χ0) is 10.6. The maximum atomic E-state index is 12.0. The van der Waals surface area contributed by atoms with Crippen LogP contribution in [-0.4, -0.2) is 11.5 Å². The number of halogens is 3. The molecule has 0 fully saturated rings. The van der Waals surface area contributed by atoms with Gasteiger partial charge in [-0.15, -0.1) is 0 Å². The summed E-state index contributed by atoms with van der Waals surface area (Å²) in [7, 11) is 0. The van der Waals surface area contributed by atoms with Gasteiger partial charge in [-0.2, -0.15) is 13.2 Å². The van der Waals surface area contributed by atoms with Crippen molar-refractivity contribution in [2.24, 2.45) is 0 Å². The molecule has 0 aliphatic rings. The maximum Gasteiger partial charge on any atom is 0.417 e. The average Bonchev–Trinajstić information content (AvgIpc) is 2.14. The van der Waals surface area contributed by atoms with Crippen molar-refractivity contribution in [2.45, 2.75) is 12.8 Å². The molecule has 0 saturated carbocycles. The van der Waals surface area contributed by atoms with Gasteiger partial charge in [-0.05, 0) is 12.1 Å². The SMILES string of the molecule is O=COCc1ccc(C(F)(F)F)cn1. The van der Waals surface area contributed by atoms with E-state index in [1.54, 1.807) is 0 Å². The van der Waals surface area contributed by atoms with Crippen molar-refractivity contribution in [1.29, 1.82) is 0 Å². The van der Waals surface area contributed by atoms with Crippen LogP contribution in [0.4, 0.5) is 13.2 Å². The highest BCUT2D eigenvalue weighted by Crippen LogP contribution is 2.28. The maximum absolute atomic E-state index is 12.0. The largest absolute Gasteiger partial charge is 0.461 e. The molecule has 0 atom stereocenters. The van der Waals surface area contributed by atoms with E-state index < -0.39 is 11.7 Å². The number of carbonyl (C=O) groups is 1. The number of hydrogen-bond donors (Lipinski definition) is 0. The summed E-state index contributed by atoms with van der Waals surface area (Å²) in [5, 5.41) is 0. The minimum Gasteiger partial charge on any atom is -0.461 e. The second kappa shape index (κ2) is 4.08. The minimum absolute atomic E-state index is 0.123. The first-order valence-electron chi connectivity index (χ1n) is 3.61. The number of ether oxygens (including phenoxy) is 1. The fourth-order valence-electron chi connectivity index (χ4n) is 0.797. The van der Waals surface area contributed by atoms with Crippen LogP contribution in [0.3, 0.4) is 0 Å². The highest BCUT2D eigenvalue weighted by atomic mass is 19.4. The molecular weight excluding hydrogens is 199 g/mol. The first kappa shape index (κ1) is 10.5. The van der Waals surface area contributed by atoms with E-state index in [1.165, 1.54) is 0 Å². The van der Waals surface area contributed by atoms with Crippen LogP contribution in [0.25, 0.3) is 0 Å². The summed E-state index contributed by atoms with van der Waals surface area (Å²) in [5.41, 5.74) is -0.558. The lowest BCUT2D eigenvalue weighted by atomic mass is 10.2. The smallest absolute Gasteiger partial charge is 0.417 e. The van der Waals surface area contributed by atoms with Crippen molar-refractivity contribution in [3.63, 3.8) is 0 Å². The van der Waals surface area contributed by atoms with E-state index >= 15 is 0 Å². The molecule has 0 radical (unpaired) electrons. The van der Waals surface area contributed by atoms with Crippen LogP contribution in [-0.2, 0) is 22.3 Å². The van der Waals surface area contributed by atoms with Gasteiger partial charge in [0.2, 0.25) is 0 Å². The molecule has 6 heteroatoms.